The van der Waals surface area contributed by atoms with Crippen LogP contribution in [0.25, 0.3) is 0 Å². The molecule has 0 aromatic carbocycles. The summed E-state index contributed by atoms with van der Waals surface area (Å²) in [6.45, 7) is -0.0651. The van der Waals surface area contributed by atoms with Crippen molar-refractivity contribution < 1.29 is 12.6 Å². The van der Waals surface area contributed by atoms with Crippen molar-refractivity contribution in [2.24, 2.45) is 5.14 Å². The molecule has 1 aromatic rings. The summed E-state index contributed by atoms with van der Waals surface area (Å²) in [5, 5.41) is 5.46. The first-order valence-electron chi connectivity index (χ1n) is 3.67. The lowest BCUT2D eigenvalue weighted by Gasteiger charge is -2.05. The molecular weight excluding hydrogens is 226 g/mol. The molecule has 0 atom stereocenters. The van der Waals surface area contributed by atoms with Gasteiger partial charge in [-0.2, -0.15) is 8.42 Å². The van der Waals surface area contributed by atoms with Crippen molar-refractivity contribution >= 4 is 26.8 Å². The number of hydrogen-bond acceptors (Lipinski definition) is 6. The molecule has 0 spiro atoms. The van der Waals surface area contributed by atoms with E-state index in [1.54, 1.807) is 6.20 Å². The third kappa shape index (κ3) is 3.58. The monoisotopic (exact) mass is 237 g/mol. The lowest BCUT2D eigenvalue weighted by Crippen LogP contribution is -2.15. The molecule has 0 amide bonds. The van der Waals surface area contributed by atoms with Crippen molar-refractivity contribution in [1.29, 1.82) is 0 Å². The van der Waals surface area contributed by atoms with Gasteiger partial charge in [0.2, 0.25) is 0 Å². The first-order chi connectivity index (χ1) is 6.38. The molecule has 6 nitrogen and oxygen atoms in total. The minimum absolute atomic E-state index is 0.0651. The Morgan fingerprint density at radius 2 is 2.29 bits per heavy atom. The normalized spacial score (nSPS) is 11.6. The Bertz CT molecular complexity index is 398. The van der Waals surface area contributed by atoms with Gasteiger partial charge in [0, 0.05) is 20.3 Å². The summed E-state index contributed by atoms with van der Waals surface area (Å²) in [6.07, 6.45) is 1.56. The number of hydrogen-bond donors (Lipinski definition) is 1. The fraction of sp³-hybridized carbons (Fsp3) is 0.500. The zero-order valence-electron chi connectivity index (χ0n) is 7.80. The number of nitrogens with zero attached hydrogens (tertiary/aromatic N) is 2. The highest BCUT2D eigenvalue weighted by Crippen LogP contribution is 2.20. The zero-order chi connectivity index (χ0) is 10.8. The van der Waals surface area contributed by atoms with Gasteiger partial charge >= 0.3 is 10.3 Å². The molecule has 1 aromatic heterocycles. The molecule has 0 fully saturated rings. The van der Waals surface area contributed by atoms with E-state index in [9.17, 15) is 8.42 Å². The van der Waals surface area contributed by atoms with Crippen LogP contribution in [0.2, 0.25) is 0 Å². The SMILES string of the molecule is CN(C)c1ncc(COS(N)(=O)=O)s1. The fourth-order valence-electron chi connectivity index (χ4n) is 0.711. The van der Waals surface area contributed by atoms with Gasteiger partial charge in [0.1, 0.15) is 6.61 Å². The molecule has 0 unspecified atom stereocenters. The highest BCUT2D eigenvalue weighted by molar-refractivity contribution is 7.84. The third-order valence-corrected chi connectivity index (χ3v) is 2.87. The van der Waals surface area contributed by atoms with E-state index in [1.165, 1.54) is 11.3 Å². The van der Waals surface area contributed by atoms with Gasteiger partial charge in [-0.25, -0.2) is 10.1 Å². The molecule has 0 bridgehead atoms. The maximum atomic E-state index is 10.5. The molecule has 0 aliphatic rings. The van der Waals surface area contributed by atoms with Gasteiger partial charge in [-0.15, -0.1) is 0 Å². The number of rotatable bonds is 4. The number of nitrogens with two attached hydrogens (primary N) is 1. The van der Waals surface area contributed by atoms with Crippen molar-refractivity contribution in [2.45, 2.75) is 6.61 Å². The first kappa shape index (κ1) is 11.4. The molecule has 0 radical (unpaired) electrons. The lowest BCUT2D eigenvalue weighted by atomic mass is 10.6. The van der Waals surface area contributed by atoms with Crippen molar-refractivity contribution in [2.75, 3.05) is 19.0 Å². The second kappa shape index (κ2) is 4.22. The molecule has 0 saturated heterocycles. The molecule has 0 aliphatic heterocycles. The second-order valence-electron chi connectivity index (χ2n) is 2.76. The maximum Gasteiger partial charge on any atom is 0.333 e. The molecule has 0 aliphatic carbocycles. The van der Waals surface area contributed by atoms with E-state index in [-0.39, 0.29) is 6.61 Å². The van der Waals surface area contributed by atoms with Crippen LogP contribution in [0.1, 0.15) is 4.88 Å². The van der Waals surface area contributed by atoms with E-state index < -0.39 is 10.3 Å². The standard InChI is InChI=1S/C6H11N3O3S2/c1-9(2)6-8-3-5(13-6)4-12-14(7,10)11/h3H,4H2,1-2H3,(H2,7,10,11). The Kier molecular flexibility index (Phi) is 3.43. The van der Waals surface area contributed by atoms with Gasteiger partial charge in [0.15, 0.2) is 5.13 Å². The van der Waals surface area contributed by atoms with Crippen molar-refractivity contribution in [1.82, 2.24) is 4.98 Å². The highest BCUT2D eigenvalue weighted by Gasteiger charge is 2.07. The van der Waals surface area contributed by atoms with E-state index in [2.05, 4.69) is 14.3 Å². The summed E-state index contributed by atoms with van der Waals surface area (Å²) in [6, 6.07) is 0. The zero-order valence-corrected chi connectivity index (χ0v) is 9.43. The molecule has 0 saturated carbocycles. The summed E-state index contributed by atoms with van der Waals surface area (Å²) in [5.41, 5.74) is 0. The molecule has 2 N–H and O–H groups in total. The van der Waals surface area contributed by atoms with Crippen LogP contribution in [0.5, 0.6) is 0 Å². The van der Waals surface area contributed by atoms with Gasteiger partial charge in [0.25, 0.3) is 0 Å². The molecule has 8 heteroatoms. The summed E-state index contributed by atoms with van der Waals surface area (Å²) in [5.74, 6) is 0. The summed E-state index contributed by atoms with van der Waals surface area (Å²) in [7, 11) is -0.167. The number of thiazole rings is 1. The Morgan fingerprint density at radius 3 is 2.71 bits per heavy atom. The van der Waals surface area contributed by atoms with Gasteiger partial charge in [-0.05, 0) is 0 Å². The van der Waals surface area contributed by atoms with Crippen LogP contribution >= 0.6 is 11.3 Å². The van der Waals surface area contributed by atoms with E-state index in [0.717, 1.165) is 5.13 Å². The summed E-state index contributed by atoms with van der Waals surface area (Å²) in [4.78, 5) is 6.58. The summed E-state index contributed by atoms with van der Waals surface area (Å²) < 4.78 is 25.4. The highest BCUT2D eigenvalue weighted by atomic mass is 32.2. The van der Waals surface area contributed by atoms with Crippen LogP contribution in [-0.4, -0.2) is 27.5 Å². The average Bonchev–Trinajstić information content (AvgIpc) is 2.47. The molecule has 80 valence electrons. The van der Waals surface area contributed by atoms with Gasteiger partial charge in [-0.3, -0.25) is 4.18 Å². The summed E-state index contributed by atoms with van der Waals surface area (Å²) >= 11 is 1.35. The van der Waals surface area contributed by atoms with E-state index in [4.69, 9.17) is 0 Å². The number of aromatic nitrogens is 1. The Morgan fingerprint density at radius 1 is 1.64 bits per heavy atom. The van der Waals surface area contributed by atoms with Gasteiger partial charge in [0.05, 0.1) is 4.88 Å². The minimum Gasteiger partial charge on any atom is -0.354 e. The van der Waals surface area contributed by atoms with Crippen LogP contribution in [0.4, 0.5) is 5.13 Å². The van der Waals surface area contributed by atoms with Crippen molar-refractivity contribution in [3.63, 3.8) is 0 Å². The van der Waals surface area contributed by atoms with E-state index in [1.807, 2.05) is 19.0 Å². The molecule has 1 rings (SSSR count). The van der Waals surface area contributed by atoms with Crippen LogP contribution < -0.4 is 10.0 Å². The van der Waals surface area contributed by atoms with Crippen LogP contribution in [0, 0.1) is 0 Å². The Hall–Kier alpha value is -0.700. The molecule has 14 heavy (non-hydrogen) atoms. The Balaban J connectivity index is 2.61. The number of anilines is 1. The first-order valence-corrected chi connectivity index (χ1v) is 5.96. The lowest BCUT2D eigenvalue weighted by molar-refractivity contribution is 0.311. The van der Waals surface area contributed by atoms with Crippen LogP contribution in [0.15, 0.2) is 6.20 Å². The topological polar surface area (TPSA) is 85.5 Å². The predicted octanol–water partition coefficient (Wildman–Crippen LogP) is -0.0708. The predicted molar refractivity (Wildman–Crippen MR) is 54.3 cm³/mol. The van der Waals surface area contributed by atoms with Gasteiger partial charge in [-0.1, -0.05) is 11.3 Å². The third-order valence-electron chi connectivity index (χ3n) is 1.29. The second-order valence-corrected chi connectivity index (χ2v) is 5.07. The van der Waals surface area contributed by atoms with Crippen LogP contribution in [0.3, 0.4) is 0 Å². The van der Waals surface area contributed by atoms with Gasteiger partial charge < -0.3 is 4.90 Å². The van der Waals surface area contributed by atoms with Crippen LogP contribution in [-0.2, 0) is 21.1 Å². The van der Waals surface area contributed by atoms with Crippen molar-refractivity contribution in [3.05, 3.63) is 11.1 Å². The van der Waals surface area contributed by atoms with E-state index >= 15 is 0 Å². The Labute approximate surface area is 86.6 Å². The maximum absolute atomic E-state index is 10.5. The average molecular weight is 237 g/mol. The minimum atomic E-state index is -3.87. The van der Waals surface area contributed by atoms with Crippen molar-refractivity contribution in [3.8, 4) is 0 Å². The fourth-order valence-corrected chi connectivity index (χ4v) is 1.82. The molecule has 1 heterocycles. The van der Waals surface area contributed by atoms with E-state index in [0.29, 0.717) is 4.88 Å². The largest absolute Gasteiger partial charge is 0.354 e. The smallest absolute Gasteiger partial charge is 0.333 e. The quantitative estimate of drug-likeness (QED) is 0.792. The molecular formula is C6H11N3O3S2.